The number of benzene rings is 1. The average molecular weight is 346 g/mol. The molecule has 9 nitrogen and oxygen atoms in total. The third-order valence-electron chi connectivity index (χ3n) is 3.91. The van der Waals surface area contributed by atoms with Gasteiger partial charge in [0.15, 0.2) is 5.95 Å². The first kappa shape index (κ1) is 16.7. The van der Waals surface area contributed by atoms with Crippen LogP contribution >= 0.6 is 0 Å². The molecule has 1 fully saturated rings. The Morgan fingerprint density at radius 2 is 1.84 bits per heavy atom. The predicted octanol–water partition coefficient (Wildman–Crippen LogP) is -0.0608. The smallest absolute Gasteiger partial charge is 0.409 e. The highest BCUT2D eigenvalue weighted by atomic mass is 16.6. The zero-order valence-corrected chi connectivity index (χ0v) is 13.8. The van der Waals surface area contributed by atoms with Crippen LogP contribution in [0.3, 0.4) is 0 Å². The maximum Gasteiger partial charge on any atom is 0.409 e. The first-order chi connectivity index (χ1) is 12.1. The van der Waals surface area contributed by atoms with E-state index in [2.05, 4.69) is 9.79 Å². The summed E-state index contributed by atoms with van der Waals surface area (Å²) in [7, 11) is 0. The Balaban J connectivity index is 1.75. The van der Waals surface area contributed by atoms with E-state index in [-0.39, 0.29) is 5.69 Å². The van der Waals surface area contributed by atoms with E-state index < -0.39 is 17.9 Å². The SMILES string of the molecule is CCOC(=O)N1CCN(C(=O)c2c([O-])on[n+]2-c2ccccc2)CC1. The van der Waals surface area contributed by atoms with E-state index in [1.165, 1.54) is 14.5 Å². The Bertz CT molecular complexity index is 753. The van der Waals surface area contributed by atoms with Crippen molar-refractivity contribution < 1.29 is 28.6 Å². The molecular formula is C16H18N4O5. The molecule has 2 amide bonds. The van der Waals surface area contributed by atoms with E-state index in [4.69, 9.17) is 4.74 Å². The molecule has 2 heterocycles. The number of piperazine rings is 1. The van der Waals surface area contributed by atoms with E-state index in [9.17, 15) is 14.7 Å². The Hall–Kier alpha value is -3.10. The summed E-state index contributed by atoms with van der Waals surface area (Å²) in [6, 6.07) is 8.80. The molecule has 0 atom stereocenters. The molecule has 0 N–H and O–H groups in total. The van der Waals surface area contributed by atoms with Crippen LogP contribution in [0.4, 0.5) is 4.79 Å². The van der Waals surface area contributed by atoms with Crippen LogP contribution < -0.4 is 9.79 Å². The summed E-state index contributed by atoms with van der Waals surface area (Å²) in [4.78, 5) is 27.5. The monoisotopic (exact) mass is 346 g/mol. The molecule has 3 rings (SSSR count). The summed E-state index contributed by atoms with van der Waals surface area (Å²) >= 11 is 0. The quantitative estimate of drug-likeness (QED) is 0.722. The fourth-order valence-electron chi connectivity index (χ4n) is 2.63. The molecule has 9 heteroatoms. The highest BCUT2D eigenvalue weighted by molar-refractivity contribution is 5.92. The first-order valence-electron chi connectivity index (χ1n) is 7.97. The van der Waals surface area contributed by atoms with Crippen molar-refractivity contribution in [1.82, 2.24) is 15.1 Å². The van der Waals surface area contributed by atoms with E-state index >= 15 is 0 Å². The van der Waals surface area contributed by atoms with Crippen molar-refractivity contribution in [1.29, 1.82) is 0 Å². The van der Waals surface area contributed by atoms with Gasteiger partial charge < -0.3 is 24.2 Å². The maximum atomic E-state index is 12.7. The lowest BCUT2D eigenvalue weighted by Crippen LogP contribution is -2.53. The van der Waals surface area contributed by atoms with Crippen LogP contribution in [0, 0.1) is 0 Å². The van der Waals surface area contributed by atoms with Gasteiger partial charge in [0, 0.05) is 38.3 Å². The molecule has 1 saturated heterocycles. The fourth-order valence-corrected chi connectivity index (χ4v) is 2.63. The minimum absolute atomic E-state index is 0.157. The molecule has 0 radical (unpaired) electrons. The van der Waals surface area contributed by atoms with Gasteiger partial charge in [0.25, 0.3) is 0 Å². The number of hydrogen-bond donors (Lipinski definition) is 0. The molecule has 0 bridgehead atoms. The second-order valence-corrected chi connectivity index (χ2v) is 5.43. The number of para-hydroxylation sites is 1. The molecular weight excluding hydrogens is 328 g/mol. The van der Waals surface area contributed by atoms with Gasteiger partial charge in [-0.1, -0.05) is 18.2 Å². The van der Waals surface area contributed by atoms with Gasteiger partial charge in [0.2, 0.25) is 5.69 Å². The number of ether oxygens (including phenoxy) is 1. The average Bonchev–Trinajstić information content (AvgIpc) is 3.03. The predicted molar refractivity (Wildman–Crippen MR) is 82.0 cm³/mol. The lowest BCUT2D eigenvalue weighted by molar-refractivity contribution is -0.672. The molecule has 132 valence electrons. The van der Waals surface area contributed by atoms with Crippen molar-refractivity contribution in [3.63, 3.8) is 0 Å². The third-order valence-corrected chi connectivity index (χ3v) is 3.91. The Kier molecular flexibility index (Phi) is 4.82. The molecule has 1 aromatic carbocycles. The summed E-state index contributed by atoms with van der Waals surface area (Å²) in [5.74, 6) is -1.26. The van der Waals surface area contributed by atoms with Gasteiger partial charge in [-0.3, -0.25) is 4.79 Å². The number of hydrogen-bond acceptors (Lipinski definition) is 6. The van der Waals surface area contributed by atoms with Gasteiger partial charge in [-0.2, -0.15) is 0 Å². The lowest BCUT2D eigenvalue weighted by Gasteiger charge is -2.33. The van der Waals surface area contributed by atoms with Crippen LogP contribution in [0.5, 0.6) is 5.95 Å². The van der Waals surface area contributed by atoms with E-state index in [1.807, 2.05) is 6.07 Å². The van der Waals surface area contributed by atoms with Crippen LogP contribution in [-0.4, -0.2) is 59.9 Å². The minimum Gasteiger partial charge on any atom is -0.538 e. The zero-order valence-electron chi connectivity index (χ0n) is 13.8. The van der Waals surface area contributed by atoms with Crippen LogP contribution in [0.25, 0.3) is 5.69 Å². The van der Waals surface area contributed by atoms with Gasteiger partial charge in [-0.05, 0) is 11.6 Å². The first-order valence-corrected chi connectivity index (χ1v) is 7.97. The van der Waals surface area contributed by atoms with Gasteiger partial charge in [-0.15, -0.1) is 0 Å². The molecule has 0 aliphatic carbocycles. The Labute approximate surface area is 144 Å². The minimum atomic E-state index is -0.790. The second kappa shape index (κ2) is 7.20. The van der Waals surface area contributed by atoms with E-state index in [1.54, 1.807) is 31.2 Å². The number of nitrogens with zero attached hydrogens (tertiary/aromatic N) is 4. The van der Waals surface area contributed by atoms with Crippen molar-refractivity contribution >= 4 is 12.0 Å². The van der Waals surface area contributed by atoms with Gasteiger partial charge >= 0.3 is 17.7 Å². The lowest BCUT2D eigenvalue weighted by atomic mass is 10.2. The molecule has 1 aliphatic heterocycles. The highest BCUT2D eigenvalue weighted by Gasteiger charge is 2.34. The molecule has 0 saturated carbocycles. The summed E-state index contributed by atoms with van der Waals surface area (Å²) < 4.78 is 10.8. The van der Waals surface area contributed by atoms with Gasteiger partial charge in [-0.25, -0.2) is 4.79 Å². The fraction of sp³-hybridized carbons (Fsp3) is 0.375. The topological polar surface area (TPSA) is 103 Å². The van der Waals surface area contributed by atoms with Crippen LogP contribution in [0.2, 0.25) is 0 Å². The third kappa shape index (κ3) is 3.39. The largest absolute Gasteiger partial charge is 0.538 e. The summed E-state index contributed by atoms with van der Waals surface area (Å²) in [6.07, 6.45) is -0.400. The molecule has 0 unspecified atom stereocenters. The molecule has 0 spiro atoms. The zero-order chi connectivity index (χ0) is 17.8. The Morgan fingerprint density at radius 1 is 1.20 bits per heavy atom. The number of amides is 2. The summed E-state index contributed by atoms with van der Waals surface area (Å²) in [5, 5.41) is 15.6. The van der Waals surface area contributed by atoms with Crippen LogP contribution in [0.15, 0.2) is 34.9 Å². The van der Waals surface area contributed by atoms with Crippen molar-refractivity contribution in [3.8, 4) is 11.6 Å². The Morgan fingerprint density at radius 3 is 2.48 bits per heavy atom. The van der Waals surface area contributed by atoms with Gasteiger partial charge in [0.05, 0.1) is 11.9 Å². The molecule has 1 aliphatic rings. The number of carbonyl (C=O) groups is 2. The van der Waals surface area contributed by atoms with Crippen molar-refractivity contribution in [3.05, 3.63) is 36.0 Å². The highest BCUT2D eigenvalue weighted by Crippen LogP contribution is 2.15. The van der Waals surface area contributed by atoms with Crippen molar-refractivity contribution in [2.45, 2.75) is 6.92 Å². The summed E-state index contributed by atoms with van der Waals surface area (Å²) in [6.45, 7) is 3.33. The van der Waals surface area contributed by atoms with E-state index in [0.717, 1.165) is 0 Å². The van der Waals surface area contributed by atoms with Gasteiger partial charge in [0.1, 0.15) is 0 Å². The van der Waals surface area contributed by atoms with Crippen molar-refractivity contribution in [2.75, 3.05) is 32.8 Å². The van der Waals surface area contributed by atoms with Crippen molar-refractivity contribution in [2.24, 2.45) is 0 Å². The normalized spacial score (nSPS) is 14.4. The maximum absolute atomic E-state index is 12.7. The summed E-state index contributed by atoms with van der Waals surface area (Å²) in [5.41, 5.74) is 0.401. The number of carbonyl (C=O) groups excluding carboxylic acids is 2. The van der Waals surface area contributed by atoms with Crippen LogP contribution in [-0.2, 0) is 4.74 Å². The molecule has 25 heavy (non-hydrogen) atoms. The number of aromatic nitrogens is 2. The number of rotatable bonds is 3. The standard InChI is InChI=1S/C16H18N4O5/c1-2-24-16(23)19-10-8-18(9-11-19)14(21)13-15(22)25-17-20(13)12-6-4-3-5-7-12/h3-7H,2,8-11H2,1H3. The molecule has 1 aromatic heterocycles. The molecule has 2 aromatic rings. The second-order valence-electron chi connectivity index (χ2n) is 5.43. The van der Waals surface area contributed by atoms with E-state index in [0.29, 0.717) is 38.5 Å². The van der Waals surface area contributed by atoms with Crippen LogP contribution in [0.1, 0.15) is 17.4 Å².